The van der Waals surface area contributed by atoms with E-state index < -0.39 is 0 Å². The fourth-order valence-electron chi connectivity index (χ4n) is 5.21. The molecule has 2 aliphatic rings. The molecule has 0 saturated heterocycles. The van der Waals surface area contributed by atoms with Gasteiger partial charge in [-0.05, 0) is 72.6 Å². The molecule has 4 nitrogen and oxygen atoms in total. The van der Waals surface area contributed by atoms with Crippen molar-refractivity contribution in [1.29, 1.82) is 10.5 Å². The number of rotatable bonds is 2. The van der Waals surface area contributed by atoms with E-state index >= 15 is 0 Å². The highest BCUT2D eigenvalue weighted by Gasteiger charge is 2.43. The first-order valence-electron chi connectivity index (χ1n) is 11.0. The number of aliphatic imine (C=N–C) groups is 1. The Morgan fingerprint density at radius 3 is 2.59 bits per heavy atom. The lowest BCUT2D eigenvalue weighted by Gasteiger charge is -2.44. The second-order valence-electron chi connectivity index (χ2n) is 8.73. The monoisotopic (exact) mass is 417 g/mol. The quantitative estimate of drug-likeness (QED) is 0.455. The summed E-state index contributed by atoms with van der Waals surface area (Å²) in [5, 5.41) is 18.6. The first kappa shape index (κ1) is 20.0. The van der Waals surface area contributed by atoms with Gasteiger partial charge in [0.2, 0.25) is 6.19 Å². The molecule has 3 aromatic rings. The Labute approximate surface area is 188 Å². The molecule has 2 unspecified atom stereocenters. The van der Waals surface area contributed by atoms with Gasteiger partial charge in [0, 0.05) is 12.0 Å². The molecule has 1 spiro atoms. The third-order valence-corrected chi connectivity index (χ3v) is 6.69. The second kappa shape index (κ2) is 8.33. The zero-order chi connectivity index (χ0) is 22.0. The molecule has 0 radical (unpaired) electrons. The van der Waals surface area contributed by atoms with Crippen LogP contribution in [0.15, 0.2) is 77.8 Å². The van der Waals surface area contributed by atoms with Crippen LogP contribution in [0.1, 0.15) is 54.7 Å². The summed E-state index contributed by atoms with van der Waals surface area (Å²) in [6, 6.07) is 26.4. The minimum absolute atomic E-state index is 0.330. The van der Waals surface area contributed by atoms with E-state index in [2.05, 4.69) is 41.4 Å². The summed E-state index contributed by atoms with van der Waals surface area (Å²) in [5.74, 6) is 1.24. The maximum Gasteiger partial charge on any atom is 0.205 e. The van der Waals surface area contributed by atoms with Crippen molar-refractivity contribution in [3.8, 4) is 29.1 Å². The lowest BCUT2D eigenvalue weighted by molar-refractivity contribution is 0.0240. The minimum Gasteiger partial charge on any atom is -0.486 e. The molecule has 1 aliphatic heterocycles. The molecule has 2 atom stereocenters. The third kappa shape index (κ3) is 3.77. The molecule has 1 saturated carbocycles. The van der Waals surface area contributed by atoms with E-state index in [1.807, 2.05) is 42.6 Å². The van der Waals surface area contributed by atoms with Crippen LogP contribution >= 0.6 is 0 Å². The minimum atomic E-state index is -0.330. The standard InChI is InChI=1S/C28H23N3O/c29-18-20-6-4-9-22(14-20)23-11-12-27-25(15-23)26(31-19-30)17-28(32-27)13-5-10-24(16-28)21-7-2-1-3-8-21/h1-4,6-9,11-12,14-15,24H,5,10,13,16-17H2/b31-26+. The molecule has 0 aromatic heterocycles. The highest BCUT2D eigenvalue weighted by atomic mass is 16.5. The summed E-state index contributed by atoms with van der Waals surface area (Å²) >= 11 is 0. The van der Waals surface area contributed by atoms with Crippen molar-refractivity contribution in [3.63, 3.8) is 0 Å². The lowest BCUT2D eigenvalue weighted by Crippen LogP contribution is -2.45. The fourth-order valence-corrected chi connectivity index (χ4v) is 5.21. The predicted molar refractivity (Wildman–Crippen MR) is 124 cm³/mol. The van der Waals surface area contributed by atoms with Crippen LogP contribution in [-0.4, -0.2) is 11.3 Å². The molecule has 5 rings (SSSR count). The van der Waals surface area contributed by atoms with Crippen LogP contribution in [-0.2, 0) is 0 Å². The van der Waals surface area contributed by atoms with Crippen molar-refractivity contribution >= 4 is 5.71 Å². The van der Waals surface area contributed by atoms with Crippen LogP contribution in [0.4, 0.5) is 0 Å². The topological polar surface area (TPSA) is 69.2 Å². The fraction of sp³-hybridized carbons (Fsp3) is 0.250. The summed E-state index contributed by atoms with van der Waals surface area (Å²) in [7, 11) is 0. The maximum atomic E-state index is 9.40. The number of ether oxygens (including phenoxy) is 1. The van der Waals surface area contributed by atoms with Crippen LogP contribution in [0.5, 0.6) is 5.75 Å². The first-order valence-corrected chi connectivity index (χ1v) is 11.0. The van der Waals surface area contributed by atoms with E-state index in [-0.39, 0.29) is 5.60 Å². The molecule has 32 heavy (non-hydrogen) atoms. The highest BCUT2D eigenvalue weighted by molar-refractivity contribution is 6.05. The van der Waals surface area contributed by atoms with Gasteiger partial charge >= 0.3 is 0 Å². The Morgan fingerprint density at radius 1 is 0.938 bits per heavy atom. The predicted octanol–water partition coefficient (Wildman–Crippen LogP) is 6.37. The van der Waals surface area contributed by atoms with Crippen LogP contribution in [0.2, 0.25) is 0 Å². The summed E-state index contributed by atoms with van der Waals surface area (Å²) in [6.07, 6.45) is 6.78. The summed E-state index contributed by atoms with van der Waals surface area (Å²) in [4.78, 5) is 4.23. The van der Waals surface area contributed by atoms with Gasteiger partial charge in [-0.15, -0.1) is 0 Å². The van der Waals surface area contributed by atoms with Crippen molar-refractivity contribution < 1.29 is 4.74 Å². The third-order valence-electron chi connectivity index (χ3n) is 6.69. The van der Waals surface area contributed by atoms with E-state index in [9.17, 15) is 10.5 Å². The molecular weight excluding hydrogens is 394 g/mol. The first-order chi connectivity index (χ1) is 15.7. The summed E-state index contributed by atoms with van der Waals surface area (Å²) in [5.41, 5.74) is 5.26. The normalized spacial score (nSPS) is 23.1. The lowest BCUT2D eigenvalue weighted by atomic mass is 9.71. The summed E-state index contributed by atoms with van der Waals surface area (Å²) < 4.78 is 6.68. The van der Waals surface area contributed by atoms with Gasteiger partial charge in [-0.3, -0.25) is 0 Å². The molecule has 0 bridgehead atoms. The zero-order valence-electron chi connectivity index (χ0n) is 17.8. The Kier molecular flexibility index (Phi) is 5.21. The van der Waals surface area contributed by atoms with Gasteiger partial charge in [-0.1, -0.05) is 48.5 Å². The smallest absolute Gasteiger partial charge is 0.205 e. The van der Waals surface area contributed by atoms with E-state index in [4.69, 9.17) is 4.74 Å². The number of benzene rings is 3. The van der Waals surface area contributed by atoms with Gasteiger partial charge in [0.1, 0.15) is 11.4 Å². The Hall–Kier alpha value is -3.89. The van der Waals surface area contributed by atoms with Gasteiger partial charge in [0.15, 0.2) is 0 Å². The molecule has 1 aliphatic carbocycles. The molecular formula is C28H23N3O. The molecule has 4 heteroatoms. The second-order valence-corrected chi connectivity index (χ2v) is 8.73. The number of nitrogens with zero attached hydrogens (tertiary/aromatic N) is 3. The number of nitriles is 2. The summed E-state index contributed by atoms with van der Waals surface area (Å²) in [6.45, 7) is 0. The Bertz CT molecular complexity index is 1270. The van der Waals surface area contributed by atoms with Gasteiger partial charge < -0.3 is 4.74 Å². The number of hydrogen-bond acceptors (Lipinski definition) is 4. The SMILES string of the molecule is N#C/N=C1\CC2(CCCC(c3ccccc3)C2)Oc2ccc(-c3cccc(C#N)c3)cc21. The largest absolute Gasteiger partial charge is 0.486 e. The van der Waals surface area contributed by atoms with Crippen LogP contribution in [0, 0.1) is 22.8 Å². The average molecular weight is 418 g/mol. The molecule has 0 amide bonds. The van der Waals surface area contributed by atoms with Crippen molar-refractivity contribution in [1.82, 2.24) is 0 Å². The van der Waals surface area contributed by atoms with E-state index in [0.29, 0.717) is 17.9 Å². The maximum absolute atomic E-state index is 9.40. The van der Waals surface area contributed by atoms with E-state index in [1.165, 1.54) is 5.56 Å². The van der Waals surface area contributed by atoms with Crippen molar-refractivity contribution in [2.75, 3.05) is 0 Å². The molecule has 156 valence electrons. The van der Waals surface area contributed by atoms with E-state index in [1.54, 1.807) is 6.07 Å². The highest BCUT2D eigenvalue weighted by Crippen LogP contribution is 2.47. The van der Waals surface area contributed by atoms with Crippen molar-refractivity contribution in [2.45, 2.75) is 43.6 Å². The molecule has 1 heterocycles. The molecule has 3 aromatic carbocycles. The average Bonchev–Trinajstić information content (AvgIpc) is 2.84. The Morgan fingerprint density at radius 2 is 1.78 bits per heavy atom. The Balaban J connectivity index is 1.51. The number of fused-ring (bicyclic) bond motifs is 1. The van der Waals surface area contributed by atoms with Gasteiger partial charge in [-0.25, -0.2) is 0 Å². The van der Waals surface area contributed by atoms with Gasteiger partial charge in [-0.2, -0.15) is 15.5 Å². The van der Waals surface area contributed by atoms with Crippen LogP contribution < -0.4 is 4.74 Å². The molecule has 1 fully saturated rings. The van der Waals surface area contributed by atoms with Crippen LogP contribution in [0.3, 0.4) is 0 Å². The van der Waals surface area contributed by atoms with Gasteiger partial charge in [0.05, 0.1) is 17.3 Å². The number of hydrogen-bond donors (Lipinski definition) is 0. The van der Waals surface area contributed by atoms with E-state index in [0.717, 1.165) is 53.8 Å². The van der Waals surface area contributed by atoms with Crippen molar-refractivity contribution in [3.05, 3.63) is 89.5 Å². The molecule has 0 N–H and O–H groups in total. The van der Waals surface area contributed by atoms with Gasteiger partial charge in [0.25, 0.3) is 0 Å². The zero-order valence-corrected chi connectivity index (χ0v) is 17.8. The van der Waals surface area contributed by atoms with Crippen molar-refractivity contribution in [2.24, 2.45) is 4.99 Å². The van der Waals surface area contributed by atoms with Crippen LogP contribution in [0.25, 0.3) is 11.1 Å².